The highest BCUT2D eigenvalue weighted by Gasteiger charge is 2.03. The van der Waals surface area contributed by atoms with Gasteiger partial charge in [-0.05, 0) is 37.0 Å². The molecule has 4 nitrogen and oxygen atoms in total. The van der Waals surface area contributed by atoms with Crippen molar-refractivity contribution in [2.45, 2.75) is 26.3 Å². The van der Waals surface area contributed by atoms with Gasteiger partial charge in [0.05, 0.1) is 0 Å². The minimum Gasteiger partial charge on any atom is -0.361 e. The molecule has 0 amide bonds. The van der Waals surface area contributed by atoms with E-state index >= 15 is 0 Å². The van der Waals surface area contributed by atoms with Gasteiger partial charge in [-0.2, -0.15) is 0 Å². The smallest absolute Gasteiger partial charge is 0.191 e. The molecular weight excluding hydrogens is 435 g/mol. The van der Waals surface area contributed by atoms with E-state index in [9.17, 15) is 0 Å². The lowest BCUT2D eigenvalue weighted by Gasteiger charge is -2.12. The van der Waals surface area contributed by atoms with Crippen molar-refractivity contribution in [2.75, 3.05) is 13.6 Å². The van der Waals surface area contributed by atoms with Crippen molar-refractivity contribution in [1.29, 1.82) is 0 Å². The Balaban J connectivity index is 0.00000243. The van der Waals surface area contributed by atoms with E-state index in [0.29, 0.717) is 0 Å². The van der Waals surface area contributed by atoms with Crippen LogP contribution in [-0.4, -0.2) is 24.5 Å². The Morgan fingerprint density at radius 3 is 2.73 bits per heavy atom. The van der Waals surface area contributed by atoms with Gasteiger partial charge in [0.2, 0.25) is 0 Å². The van der Waals surface area contributed by atoms with E-state index in [2.05, 4.69) is 82.3 Å². The molecule has 0 aliphatic rings. The molecule has 0 fully saturated rings. The van der Waals surface area contributed by atoms with E-state index in [0.717, 1.165) is 31.9 Å². The molecule has 0 aliphatic heterocycles. The summed E-state index contributed by atoms with van der Waals surface area (Å²) in [5.74, 6) is 0.848. The van der Waals surface area contributed by atoms with Crippen molar-refractivity contribution in [3.05, 3.63) is 71.4 Å². The Morgan fingerprint density at radius 1 is 1.08 bits per heavy atom. The molecule has 5 heteroatoms. The minimum absolute atomic E-state index is 0. The monoisotopic (exact) mass is 462 g/mol. The van der Waals surface area contributed by atoms with Gasteiger partial charge in [-0.3, -0.25) is 4.99 Å². The summed E-state index contributed by atoms with van der Waals surface area (Å²) in [6.07, 6.45) is 4.23. The number of aromatic nitrogens is 1. The summed E-state index contributed by atoms with van der Waals surface area (Å²) in [5, 5.41) is 8.09. The first kappa shape index (κ1) is 20.3. The molecule has 0 bridgehead atoms. The number of hydrogen-bond donors (Lipinski definition) is 3. The second kappa shape index (κ2) is 10.2. The van der Waals surface area contributed by atoms with E-state index in [1.54, 1.807) is 0 Å². The number of aliphatic imine (C=N–C) groups is 1. The molecule has 0 atom stereocenters. The van der Waals surface area contributed by atoms with Crippen LogP contribution in [0.2, 0.25) is 0 Å². The molecule has 0 spiro atoms. The second-order valence-electron chi connectivity index (χ2n) is 6.30. The third kappa shape index (κ3) is 5.49. The van der Waals surface area contributed by atoms with E-state index in [1.165, 1.54) is 27.6 Å². The SMILES string of the molecule is CN=C(NCCCc1c[nH]c2ccccc12)NCc1cccc(C)c1.I. The fraction of sp³-hybridized carbons (Fsp3) is 0.286. The molecule has 0 unspecified atom stereocenters. The predicted octanol–water partition coefficient (Wildman–Crippen LogP) is 4.39. The largest absolute Gasteiger partial charge is 0.361 e. The third-order valence-electron chi connectivity index (χ3n) is 4.36. The number of halogens is 1. The highest BCUT2D eigenvalue weighted by atomic mass is 127. The van der Waals surface area contributed by atoms with Gasteiger partial charge in [0.25, 0.3) is 0 Å². The van der Waals surface area contributed by atoms with Crippen molar-refractivity contribution in [1.82, 2.24) is 15.6 Å². The second-order valence-corrected chi connectivity index (χ2v) is 6.30. The van der Waals surface area contributed by atoms with Crippen LogP contribution in [0.15, 0.2) is 59.7 Å². The number of benzene rings is 2. The number of hydrogen-bond acceptors (Lipinski definition) is 1. The van der Waals surface area contributed by atoms with Gasteiger partial charge < -0.3 is 15.6 Å². The molecule has 3 rings (SSSR count). The summed E-state index contributed by atoms with van der Waals surface area (Å²) in [5.41, 5.74) is 5.13. The molecule has 2 aromatic carbocycles. The summed E-state index contributed by atoms with van der Waals surface area (Å²) in [4.78, 5) is 7.63. The standard InChI is InChI=1S/C21H26N4.HI/c1-16-7-5-8-17(13-16)14-25-21(22-2)23-12-6-9-18-15-24-20-11-4-3-10-19(18)20;/h3-5,7-8,10-11,13,15,24H,6,9,12,14H2,1-2H3,(H2,22,23,25);1H. The van der Waals surface area contributed by atoms with Crippen LogP contribution in [0.3, 0.4) is 0 Å². The average molecular weight is 462 g/mol. The zero-order valence-corrected chi connectivity index (χ0v) is 17.7. The van der Waals surface area contributed by atoms with Crippen LogP contribution >= 0.6 is 24.0 Å². The fourth-order valence-corrected chi connectivity index (χ4v) is 3.05. The first-order valence-electron chi connectivity index (χ1n) is 8.81. The average Bonchev–Trinajstić information content (AvgIpc) is 3.04. The van der Waals surface area contributed by atoms with Crippen LogP contribution in [0.25, 0.3) is 10.9 Å². The summed E-state index contributed by atoms with van der Waals surface area (Å²) in [7, 11) is 1.81. The van der Waals surface area contributed by atoms with Gasteiger partial charge in [0.1, 0.15) is 0 Å². The topological polar surface area (TPSA) is 52.2 Å². The summed E-state index contributed by atoms with van der Waals surface area (Å²) >= 11 is 0. The van der Waals surface area contributed by atoms with Crippen molar-refractivity contribution >= 4 is 40.8 Å². The number of fused-ring (bicyclic) bond motifs is 1. The van der Waals surface area contributed by atoms with Crippen LogP contribution < -0.4 is 10.6 Å². The van der Waals surface area contributed by atoms with Crippen LogP contribution in [0.4, 0.5) is 0 Å². The molecule has 1 heterocycles. The van der Waals surface area contributed by atoms with Gasteiger partial charge in [-0.25, -0.2) is 0 Å². The van der Waals surface area contributed by atoms with Crippen LogP contribution in [-0.2, 0) is 13.0 Å². The molecule has 0 radical (unpaired) electrons. The first-order valence-corrected chi connectivity index (χ1v) is 8.81. The molecule has 26 heavy (non-hydrogen) atoms. The highest BCUT2D eigenvalue weighted by Crippen LogP contribution is 2.18. The number of H-pyrrole nitrogens is 1. The van der Waals surface area contributed by atoms with E-state index < -0.39 is 0 Å². The zero-order valence-electron chi connectivity index (χ0n) is 15.4. The molecule has 0 saturated carbocycles. The summed E-state index contributed by atoms with van der Waals surface area (Å²) < 4.78 is 0. The molecule has 0 saturated heterocycles. The maximum absolute atomic E-state index is 4.30. The number of nitrogens with one attached hydrogen (secondary N) is 3. The van der Waals surface area contributed by atoms with Crippen molar-refractivity contribution < 1.29 is 0 Å². The Bertz CT molecular complexity index is 854. The number of rotatable bonds is 6. The maximum Gasteiger partial charge on any atom is 0.191 e. The third-order valence-corrected chi connectivity index (χ3v) is 4.36. The van der Waals surface area contributed by atoms with E-state index in [1.807, 2.05) is 7.05 Å². The molecule has 0 aliphatic carbocycles. The Kier molecular flexibility index (Phi) is 7.97. The normalized spacial score (nSPS) is 11.2. The molecular formula is C21H27IN4. The summed E-state index contributed by atoms with van der Waals surface area (Å²) in [6.45, 7) is 3.79. The molecule has 138 valence electrons. The Hall–Kier alpha value is -2.02. The van der Waals surface area contributed by atoms with Gasteiger partial charge >= 0.3 is 0 Å². The Morgan fingerprint density at radius 2 is 1.92 bits per heavy atom. The maximum atomic E-state index is 4.30. The van der Waals surface area contributed by atoms with Gasteiger partial charge in [0.15, 0.2) is 5.96 Å². The lowest BCUT2D eigenvalue weighted by molar-refractivity contribution is 0.744. The number of nitrogens with zero attached hydrogens (tertiary/aromatic N) is 1. The quantitative estimate of drug-likeness (QED) is 0.220. The van der Waals surface area contributed by atoms with Crippen molar-refractivity contribution in [3.8, 4) is 0 Å². The lowest BCUT2D eigenvalue weighted by Crippen LogP contribution is -2.37. The van der Waals surface area contributed by atoms with E-state index in [4.69, 9.17) is 0 Å². The number of aryl methyl sites for hydroxylation is 2. The van der Waals surface area contributed by atoms with Gasteiger partial charge in [0, 0.05) is 37.2 Å². The number of guanidine groups is 1. The summed E-state index contributed by atoms with van der Waals surface area (Å²) in [6, 6.07) is 17.0. The molecule has 3 N–H and O–H groups in total. The van der Waals surface area contributed by atoms with Crippen molar-refractivity contribution in [3.63, 3.8) is 0 Å². The zero-order chi connectivity index (χ0) is 17.5. The van der Waals surface area contributed by atoms with Gasteiger partial charge in [-0.15, -0.1) is 24.0 Å². The minimum atomic E-state index is 0. The van der Waals surface area contributed by atoms with Crippen LogP contribution in [0.1, 0.15) is 23.1 Å². The molecule has 3 aromatic rings. The van der Waals surface area contributed by atoms with Crippen LogP contribution in [0.5, 0.6) is 0 Å². The van der Waals surface area contributed by atoms with Crippen molar-refractivity contribution in [2.24, 2.45) is 4.99 Å². The van der Waals surface area contributed by atoms with E-state index in [-0.39, 0.29) is 24.0 Å². The van der Waals surface area contributed by atoms with Gasteiger partial charge in [-0.1, -0.05) is 48.0 Å². The fourth-order valence-electron chi connectivity index (χ4n) is 3.05. The molecule has 1 aromatic heterocycles. The van der Waals surface area contributed by atoms with Crippen LogP contribution in [0, 0.1) is 6.92 Å². The number of aromatic amines is 1. The Labute approximate surface area is 172 Å². The lowest BCUT2D eigenvalue weighted by atomic mass is 10.1. The predicted molar refractivity (Wildman–Crippen MR) is 121 cm³/mol. The number of para-hydroxylation sites is 1. The first-order chi connectivity index (χ1) is 12.3. The highest BCUT2D eigenvalue weighted by molar-refractivity contribution is 14.0.